The van der Waals surface area contributed by atoms with Crippen molar-refractivity contribution in [2.45, 2.75) is 25.3 Å². The van der Waals surface area contributed by atoms with Gasteiger partial charge < -0.3 is 15.2 Å². The molecule has 1 atom stereocenters. The summed E-state index contributed by atoms with van der Waals surface area (Å²) in [5.74, 6) is 2.53. The van der Waals surface area contributed by atoms with Crippen LogP contribution in [0.15, 0.2) is 18.2 Å². The van der Waals surface area contributed by atoms with Crippen LogP contribution in [0.25, 0.3) is 0 Å². The first kappa shape index (κ1) is 12.5. The van der Waals surface area contributed by atoms with Crippen LogP contribution in [0.4, 0.5) is 0 Å². The van der Waals surface area contributed by atoms with Crippen molar-refractivity contribution >= 4 is 12.4 Å². The maximum atomic E-state index is 6.17. The second kappa shape index (κ2) is 5.15. The van der Waals surface area contributed by atoms with Crippen LogP contribution in [0, 0.1) is 5.92 Å². The summed E-state index contributed by atoms with van der Waals surface area (Å²) in [7, 11) is 0. The molecule has 0 radical (unpaired) electrons. The summed E-state index contributed by atoms with van der Waals surface area (Å²) in [5, 5.41) is 0. The van der Waals surface area contributed by atoms with E-state index in [-0.39, 0.29) is 18.4 Å². The molecule has 1 heterocycles. The molecule has 4 heteroatoms. The van der Waals surface area contributed by atoms with E-state index in [2.05, 4.69) is 6.07 Å². The predicted molar refractivity (Wildman–Crippen MR) is 68.9 cm³/mol. The van der Waals surface area contributed by atoms with E-state index < -0.39 is 0 Å². The van der Waals surface area contributed by atoms with E-state index >= 15 is 0 Å². The Morgan fingerprint density at radius 2 is 1.88 bits per heavy atom. The van der Waals surface area contributed by atoms with Crippen molar-refractivity contribution in [1.29, 1.82) is 0 Å². The van der Waals surface area contributed by atoms with E-state index in [1.165, 1.54) is 12.8 Å². The van der Waals surface area contributed by atoms with Gasteiger partial charge in [-0.05, 0) is 30.0 Å². The lowest BCUT2D eigenvalue weighted by Gasteiger charge is -2.20. The molecule has 0 aromatic heterocycles. The van der Waals surface area contributed by atoms with Crippen LogP contribution < -0.4 is 15.2 Å². The van der Waals surface area contributed by atoms with Crippen molar-refractivity contribution < 1.29 is 9.47 Å². The Balaban J connectivity index is 0.00000108. The maximum Gasteiger partial charge on any atom is 0.161 e. The molecule has 0 spiro atoms. The fourth-order valence-electron chi connectivity index (χ4n) is 2.14. The van der Waals surface area contributed by atoms with Crippen LogP contribution in [0.3, 0.4) is 0 Å². The normalized spacial score (nSPS) is 19.4. The van der Waals surface area contributed by atoms with Gasteiger partial charge in [-0.1, -0.05) is 18.9 Å². The third-order valence-electron chi connectivity index (χ3n) is 3.28. The zero-order valence-electron chi connectivity index (χ0n) is 9.72. The molecule has 2 aliphatic rings. The molecule has 1 aliphatic carbocycles. The van der Waals surface area contributed by atoms with Gasteiger partial charge >= 0.3 is 0 Å². The van der Waals surface area contributed by atoms with Crippen molar-refractivity contribution in [3.63, 3.8) is 0 Å². The third kappa shape index (κ3) is 2.85. The number of fused-ring (bicyclic) bond motifs is 1. The lowest BCUT2D eigenvalue weighted by molar-refractivity contribution is 0.171. The largest absolute Gasteiger partial charge is 0.486 e. The van der Waals surface area contributed by atoms with E-state index in [0.29, 0.717) is 13.2 Å². The highest BCUT2D eigenvalue weighted by atomic mass is 35.5. The monoisotopic (exact) mass is 255 g/mol. The molecule has 1 aliphatic heterocycles. The minimum Gasteiger partial charge on any atom is -0.486 e. The Kier molecular flexibility index (Phi) is 3.79. The number of rotatable bonds is 3. The van der Waals surface area contributed by atoms with E-state index in [4.69, 9.17) is 15.2 Å². The summed E-state index contributed by atoms with van der Waals surface area (Å²) >= 11 is 0. The highest BCUT2D eigenvalue weighted by Gasteiger charge is 2.25. The Hall–Kier alpha value is -0.930. The quantitative estimate of drug-likeness (QED) is 0.903. The van der Waals surface area contributed by atoms with Crippen molar-refractivity contribution in [3.05, 3.63) is 23.8 Å². The molecule has 0 bridgehead atoms. The molecule has 3 rings (SSSR count). The first-order valence-electron chi connectivity index (χ1n) is 5.98. The number of halogens is 1. The number of benzene rings is 1. The van der Waals surface area contributed by atoms with Crippen LogP contribution in [0.2, 0.25) is 0 Å². The standard InChI is InChI=1S/C13H17NO2.ClH/c14-11(7-9-1-2-9)10-3-4-12-13(8-10)16-6-5-15-12;/h3-4,8-9,11H,1-2,5-7,14H2;1H/t11-;/m0./s1. The molecule has 17 heavy (non-hydrogen) atoms. The Labute approximate surface area is 108 Å². The SMILES string of the molecule is Cl.N[C@@H](CC1CC1)c1ccc2c(c1)OCCO2. The fourth-order valence-corrected chi connectivity index (χ4v) is 2.14. The van der Waals surface area contributed by atoms with Crippen LogP contribution >= 0.6 is 12.4 Å². The second-order valence-corrected chi connectivity index (χ2v) is 4.69. The van der Waals surface area contributed by atoms with Crippen LogP contribution in [0.5, 0.6) is 11.5 Å². The molecular formula is C13H18ClNO2. The molecule has 94 valence electrons. The van der Waals surface area contributed by atoms with Gasteiger partial charge in [0.2, 0.25) is 0 Å². The summed E-state index contributed by atoms with van der Waals surface area (Å²) < 4.78 is 11.0. The van der Waals surface area contributed by atoms with Gasteiger partial charge in [-0.25, -0.2) is 0 Å². The van der Waals surface area contributed by atoms with Gasteiger partial charge in [0.25, 0.3) is 0 Å². The van der Waals surface area contributed by atoms with E-state index in [1.54, 1.807) is 0 Å². The third-order valence-corrected chi connectivity index (χ3v) is 3.28. The fraction of sp³-hybridized carbons (Fsp3) is 0.538. The minimum absolute atomic E-state index is 0. The number of hydrogen-bond donors (Lipinski definition) is 1. The summed E-state index contributed by atoms with van der Waals surface area (Å²) in [6.45, 7) is 1.27. The minimum atomic E-state index is 0. The molecule has 0 saturated heterocycles. The van der Waals surface area contributed by atoms with E-state index in [1.807, 2.05) is 12.1 Å². The first-order valence-corrected chi connectivity index (χ1v) is 5.98. The summed E-state index contributed by atoms with van der Waals surface area (Å²) in [5.41, 5.74) is 7.34. The average Bonchev–Trinajstić information content (AvgIpc) is 3.12. The number of ether oxygens (including phenoxy) is 2. The Bertz CT molecular complexity index is 393. The average molecular weight is 256 g/mol. The lowest BCUT2D eigenvalue weighted by Crippen LogP contribution is -2.17. The van der Waals surface area contributed by atoms with E-state index in [9.17, 15) is 0 Å². The topological polar surface area (TPSA) is 44.5 Å². The van der Waals surface area contributed by atoms with Gasteiger partial charge in [-0.3, -0.25) is 0 Å². The Morgan fingerprint density at radius 3 is 2.59 bits per heavy atom. The Morgan fingerprint density at radius 1 is 1.18 bits per heavy atom. The van der Waals surface area contributed by atoms with Gasteiger partial charge in [0, 0.05) is 6.04 Å². The molecule has 3 nitrogen and oxygen atoms in total. The summed E-state index contributed by atoms with van der Waals surface area (Å²) in [4.78, 5) is 0. The number of hydrogen-bond acceptors (Lipinski definition) is 3. The lowest BCUT2D eigenvalue weighted by atomic mass is 10.0. The second-order valence-electron chi connectivity index (χ2n) is 4.69. The zero-order chi connectivity index (χ0) is 11.0. The van der Waals surface area contributed by atoms with Crippen LogP contribution in [0.1, 0.15) is 30.9 Å². The van der Waals surface area contributed by atoms with Gasteiger partial charge in [0.05, 0.1) is 0 Å². The predicted octanol–water partition coefficient (Wildman–Crippen LogP) is 2.68. The van der Waals surface area contributed by atoms with Crippen molar-refractivity contribution in [2.24, 2.45) is 11.7 Å². The summed E-state index contributed by atoms with van der Waals surface area (Å²) in [6, 6.07) is 6.20. The highest BCUT2D eigenvalue weighted by Crippen LogP contribution is 2.38. The molecule has 0 amide bonds. The van der Waals surface area contributed by atoms with Gasteiger partial charge in [-0.15, -0.1) is 12.4 Å². The number of nitrogens with two attached hydrogens (primary N) is 1. The van der Waals surface area contributed by atoms with Crippen molar-refractivity contribution in [2.75, 3.05) is 13.2 Å². The van der Waals surface area contributed by atoms with E-state index in [0.717, 1.165) is 29.4 Å². The molecule has 0 unspecified atom stereocenters. The van der Waals surface area contributed by atoms with Gasteiger partial charge in [0.1, 0.15) is 13.2 Å². The van der Waals surface area contributed by atoms with Crippen LogP contribution in [-0.4, -0.2) is 13.2 Å². The van der Waals surface area contributed by atoms with Crippen molar-refractivity contribution in [1.82, 2.24) is 0 Å². The molecule has 1 aromatic carbocycles. The molecule has 1 aromatic rings. The molecular weight excluding hydrogens is 238 g/mol. The van der Waals surface area contributed by atoms with Crippen molar-refractivity contribution in [3.8, 4) is 11.5 Å². The van der Waals surface area contributed by atoms with Gasteiger partial charge in [0.15, 0.2) is 11.5 Å². The maximum absolute atomic E-state index is 6.17. The molecule has 2 N–H and O–H groups in total. The smallest absolute Gasteiger partial charge is 0.161 e. The molecule has 1 fully saturated rings. The zero-order valence-corrected chi connectivity index (χ0v) is 10.5. The molecule has 1 saturated carbocycles. The first-order chi connectivity index (χ1) is 7.83. The van der Waals surface area contributed by atoms with Crippen LogP contribution in [-0.2, 0) is 0 Å². The summed E-state index contributed by atoms with van der Waals surface area (Å²) in [6.07, 6.45) is 3.79. The van der Waals surface area contributed by atoms with Gasteiger partial charge in [-0.2, -0.15) is 0 Å². The highest BCUT2D eigenvalue weighted by molar-refractivity contribution is 5.85.